The Morgan fingerprint density at radius 3 is 2.14 bits per heavy atom. The molecule has 2 atom stereocenters. The molecule has 0 spiro atoms. The van der Waals surface area contributed by atoms with Crippen LogP contribution in [0.5, 0.6) is 0 Å². The Balaban J connectivity index is 1.73. The van der Waals surface area contributed by atoms with Gasteiger partial charge in [-0.3, -0.25) is 0 Å². The molecule has 2 aromatic carbocycles. The van der Waals surface area contributed by atoms with Crippen LogP contribution in [0.15, 0.2) is 90.5 Å². The van der Waals surface area contributed by atoms with Crippen molar-refractivity contribution < 1.29 is 0 Å². The predicted octanol–water partition coefficient (Wildman–Crippen LogP) is 5.37. The molecule has 0 heterocycles. The third kappa shape index (κ3) is 2.27. The van der Waals surface area contributed by atoms with Gasteiger partial charge in [-0.2, -0.15) is 0 Å². The Kier molecular flexibility index (Phi) is 3.08. The monoisotopic (exact) mass is 270 g/mol. The van der Waals surface area contributed by atoms with Gasteiger partial charge in [0.05, 0.1) is 0 Å². The molecule has 4 rings (SSSR count). The molecule has 2 aromatic rings. The summed E-state index contributed by atoms with van der Waals surface area (Å²) in [5, 5.41) is 0. The van der Waals surface area contributed by atoms with Gasteiger partial charge >= 0.3 is 0 Å². The van der Waals surface area contributed by atoms with Crippen LogP contribution in [-0.4, -0.2) is 0 Å². The van der Waals surface area contributed by atoms with Crippen LogP contribution in [0.2, 0.25) is 0 Å². The lowest BCUT2D eigenvalue weighted by molar-refractivity contribution is 0.772. The second-order valence-corrected chi connectivity index (χ2v) is 5.73. The van der Waals surface area contributed by atoms with Gasteiger partial charge in [-0.05, 0) is 28.7 Å². The second kappa shape index (κ2) is 5.21. The Bertz CT molecular complexity index is 717. The molecule has 0 amide bonds. The highest BCUT2D eigenvalue weighted by Gasteiger charge is 2.41. The van der Waals surface area contributed by atoms with E-state index < -0.39 is 0 Å². The summed E-state index contributed by atoms with van der Waals surface area (Å²) in [5.41, 5.74) is 5.94. The lowest BCUT2D eigenvalue weighted by Gasteiger charge is -2.11. The molecule has 2 aliphatic carbocycles. The highest BCUT2D eigenvalue weighted by atomic mass is 14.4. The summed E-state index contributed by atoms with van der Waals surface area (Å²) < 4.78 is 0. The van der Waals surface area contributed by atoms with E-state index in [4.69, 9.17) is 0 Å². The van der Waals surface area contributed by atoms with Crippen molar-refractivity contribution in [2.45, 2.75) is 12.3 Å². The van der Waals surface area contributed by atoms with Crippen LogP contribution < -0.4 is 0 Å². The number of hydrogen-bond acceptors (Lipinski definition) is 0. The summed E-state index contributed by atoms with van der Waals surface area (Å²) in [5.74, 6) is 1.07. The highest BCUT2D eigenvalue weighted by Crippen LogP contribution is 2.58. The number of benzene rings is 2. The molecular formula is C21H18. The smallest absolute Gasteiger partial charge is 0.0317 e. The minimum atomic E-state index is 0.509. The van der Waals surface area contributed by atoms with E-state index in [1.54, 1.807) is 5.57 Å². The standard InChI is InChI=1S/C21H18/c1-4-10-16(11-5-1)19-20(17-12-6-2-7-13-17)21(19)18-14-8-3-9-15-18/h1-14,18-19H,15H2. The van der Waals surface area contributed by atoms with Gasteiger partial charge in [0.15, 0.2) is 0 Å². The normalized spacial score (nSPS) is 23.4. The molecule has 2 aliphatic rings. The molecule has 0 nitrogen and oxygen atoms in total. The fourth-order valence-corrected chi connectivity index (χ4v) is 3.41. The van der Waals surface area contributed by atoms with Gasteiger partial charge in [0.1, 0.15) is 0 Å². The van der Waals surface area contributed by atoms with Gasteiger partial charge in [-0.1, -0.05) is 85.0 Å². The van der Waals surface area contributed by atoms with Crippen LogP contribution in [0, 0.1) is 5.92 Å². The zero-order valence-corrected chi connectivity index (χ0v) is 11.9. The average molecular weight is 270 g/mol. The van der Waals surface area contributed by atoms with E-state index in [2.05, 4.69) is 85.0 Å². The quantitative estimate of drug-likeness (QED) is 0.703. The molecule has 0 saturated carbocycles. The first-order valence-electron chi connectivity index (χ1n) is 7.63. The van der Waals surface area contributed by atoms with Crippen molar-refractivity contribution in [1.29, 1.82) is 0 Å². The molecule has 102 valence electrons. The zero-order valence-electron chi connectivity index (χ0n) is 11.9. The maximum Gasteiger partial charge on any atom is 0.0317 e. The van der Waals surface area contributed by atoms with Crippen molar-refractivity contribution in [1.82, 2.24) is 0 Å². The van der Waals surface area contributed by atoms with Crippen molar-refractivity contribution >= 4 is 5.57 Å². The summed E-state index contributed by atoms with van der Waals surface area (Å²) in [7, 11) is 0. The molecule has 0 aromatic heterocycles. The highest BCUT2D eigenvalue weighted by molar-refractivity contribution is 5.91. The predicted molar refractivity (Wildman–Crippen MR) is 88.9 cm³/mol. The lowest BCUT2D eigenvalue weighted by atomic mass is 9.93. The van der Waals surface area contributed by atoms with Crippen LogP contribution in [-0.2, 0) is 0 Å². The number of hydrogen-bond donors (Lipinski definition) is 0. The minimum absolute atomic E-state index is 0.509. The number of allylic oxidation sites excluding steroid dienone is 6. The average Bonchev–Trinajstić information content (AvgIpc) is 3.33. The van der Waals surface area contributed by atoms with Crippen LogP contribution >= 0.6 is 0 Å². The molecular weight excluding hydrogens is 252 g/mol. The van der Waals surface area contributed by atoms with Gasteiger partial charge in [0.25, 0.3) is 0 Å². The SMILES string of the molecule is C1=CCC(C2=C(c3ccccc3)C2c2ccccc2)C=C1. The summed E-state index contributed by atoms with van der Waals surface area (Å²) >= 11 is 0. The summed E-state index contributed by atoms with van der Waals surface area (Å²) in [6, 6.07) is 21.7. The third-order valence-corrected chi connectivity index (χ3v) is 4.43. The molecule has 0 saturated heterocycles. The first-order chi connectivity index (χ1) is 10.4. The molecule has 2 unspecified atom stereocenters. The van der Waals surface area contributed by atoms with Gasteiger partial charge in [0, 0.05) is 11.8 Å². The van der Waals surface area contributed by atoms with Gasteiger partial charge in [0.2, 0.25) is 0 Å². The lowest BCUT2D eigenvalue weighted by Crippen LogP contribution is -1.97. The van der Waals surface area contributed by atoms with Gasteiger partial charge in [-0.25, -0.2) is 0 Å². The Labute approximate surface area is 126 Å². The van der Waals surface area contributed by atoms with Crippen molar-refractivity contribution in [2.75, 3.05) is 0 Å². The van der Waals surface area contributed by atoms with Crippen molar-refractivity contribution in [2.24, 2.45) is 5.92 Å². The molecule has 0 heteroatoms. The second-order valence-electron chi connectivity index (χ2n) is 5.73. The van der Waals surface area contributed by atoms with E-state index in [1.807, 2.05) is 0 Å². The topological polar surface area (TPSA) is 0 Å². The third-order valence-electron chi connectivity index (χ3n) is 4.43. The molecule has 0 fully saturated rings. The fourth-order valence-electron chi connectivity index (χ4n) is 3.41. The van der Waals surface area contributed by atoms with Gasteiger partial charge in [-0.15, -0.1) is 0 Å². The van der Waals surface area contributed by atoms with Crippen molar-refractivity contribution in [3.8, 4) is 0 Å². The maximum atomic E-state index is 2.35. The molecule has 0 N–H and O–H groups in total. The Morgan fingerprint density at radius 2 is 1.48 bits per heavy atom. The maximum absolute atomic E-state index is 2.35. The largest absolute Gasteiger partial charge is 0.0836 e. The summed E-state index contributed by atoms with van der Waals surface area (Å²) in [6.45, 7) is 0. The molecule has 0 bridgehead atoms. The fraction of sp³-hybridized carbons (Fsp3) is 0.143. The van der Waals surface area contributed by atoms with E-state index in [1.165, 1.54) is 16.7 Å². The van der Waals surface area contributed by atoms with E-state index in [9.17, 15) is 0 Å². The van der Waals surface area contributed by atoms with Crippen LogP contribution in [0.3, 0.4) is 0 Å². The van der Waals surface area contributed by atoms with Gasteiger partial charge < -0.3 is 0 Å². The summed E-state index contributed by atoms with van der Waals surface area (Å²) in [4.78, 5) is 0. The number of rotatable bonds is 3. The van der Waals surface area contributed by atoms with Crippen LogP contribution in [0.25, 0.3) is 5.57 Å². The van der Waals surface area contributed by atoms with Crippen molar-refractivity contribution in [3.63, 3.8) is 0 Å². The summed E-state index contributed by atoms with van der Waals surface area (Å²) in [6.07, 6.45) is 10.1. The molecule has 0 aliphatic heterocycles. The Morgan fingerprint density at radius 1 is 0.762 bits per heavy atom. The van der Waals surface area contributed by atoms with E-state index in [0.29, 0.717) is 11.8 Å². The van der Waals surface area contributed by atoms with E-state index in [-0.39, 0.29) is 0 Å². The van der Waals surface area contributed by atoms with Crippen molar-refractivity contribution in [3.05, 3.63) is 102 Å². The van der Waals surface area contributed by atoms with Crippen LogP contribution in [0.4, 0.5) is 0 Å². The first kappa shape index (κ1) is 12.4. The van der Waals surface area contributed by atoms with Crippen LogP contribution in [0.1, 0.15) is 23.5 Å². The minimum Gasteiger partial charge on any atom is -0.0836 e. The Hall–Kier alpha value is -2.34. The van der Waals surface area contributed by atoms with E-state index in [0.717, 1.165) is 6.42 Å². The molecule has 0 radical (unpaired) electrons. The molecule has 21 heavy (non-hydrogen) atoms. The zero-order chi connectivity index (χ0) is 14.1. The van der Waals surface area contributed by atoms with E-state index >= 15 is 0 Å². The first-order valence-corrected chi connectivity index (χ1v) is 7.63.